The first-order valence-corrected chi connectivity index (χ1v) is 7.90. The quantitative estimate of drug-likeness (QED) is 0.406. The standard InChI is InChI=1S/C15H32ClN/c1-4-5-6-7-8-9-11-14(12-10-13-16)15(2,3)17/h14H,4-13,17H2,1-3H3. The van der Waals surface area contributed by atoms with Crippen molar-refractivity contribution in [3.8, 4) is 0 Å². The van der Waals surface area contributed by atoms with Crippen molar-refractivity contribution >= 4 is 11.6 Å². The Balaban J connectivity index is 3.69. The zero-order valence-electron chi connectivity index (χ0n) is 12.1. The molecule has 0 saturated carbocycles. The molecule has 0 aromatic carbocycles. The molecule has 0 saturated heterocycles. The molecule has 0 aliphatic rings. The Morgan fingerprint density at radius 3 is 2.00 bits per heavy atom. The van der Waals surface area contributed by atoms with Gasteiger partial charge in [0.1, 0.15) is 0 Å². The van der Waals surface area contributed by atoms with Crippen LogP contribution in [0.1, 0.15) is 78.6 Å². The summed E-state index contributed by atoms with van der Waals surface area (Å²) in [5.74, 6) is 1.40. The van der Waals surface area contributed by atoms with Crippen molar-refractivity contribution in [2.24, 2.45) is 11.7 Å². The van der Waals surface area contributed by atoms with Gasteiger partial charge in [-0.05, 0) is 39.0 Å². The molecular formula is C15H32ClN. The Kier molecular flexibility index (Phi) is 10.3. The average molecular weight is 262 g/mol. The van der Waals surface area contributed by atoms with Crippen LogP contribution in [-0.4, -0.2) is 11.4 Å². The van der Waals surface area contributed by atoms with Gasteiger partial charge in [0.05, 0.1) is 0 Å². The third kappa shape index (κ3) is 9.91. The van der Waals surface area contributed by atoms with Crippen LogP contribution in [0.5, 0.6) is 0 Å². The second kappa shape index (κ2) is 10.2. The van der Waals surface area contributed by atoms with Crippen LogP contribution in [0.3, 0.4) is 0 Å². The summed E-state index contributed by atoms with van der Waals surface area (Å²) in [6.45, 7) is 6.57. The molecule has 0 bridgehead atoms. The molecule has 17 heavy (non-hydrogen) atoms. The van der Waals surface area contributed by atoms with Crippen molar-refractivity contribution in [1.29, 1.82) is 0 Å². The highest BCUT2D eigenvalue weighted by Crippen LogP contribution is 2.26. The Bertz CT molecular complexity index is 163. The molecule has 1 unspecified atom stereocenters. The van der Waals surface area contributed by atoms with Crippen LogP contribution in [0.2, 0.25) is 0 Å². The van der Waals surface area contributed by atoms with E-state index in [0.717, 1.165) is 12.3 Å². The van der Waals surface area contributed by atoms with E-state index in [1.165, 1.54) is 51.4 Å². The fourth-order valence-corrected chi connectivity index (χ4v) is 2.54. The predicted octanol–water partition coefficient (Wildman–Crippen LogP) is 5.11. The molecule has 0 spiro atoms. The first-order chi connectivity index (χ1) is 8.02. The van der Waals surface area contributed by atoms with E-state index in [0.29, 0.717) is 5.92 Å². The SMILES string of the molecule is CCCCCCCCC(CCCCl)C(C)(C)N. The normalized spacial score (nSPS) is 13.9. The molecule has 0 heterocycles. The molecule has 0 radical (unpaired) electrons. The topological polar surface area (TPSA) is 26.0 Å². The monoisotopic (exact) mass is 261 g/mol. The summed E-state index contributed by atoms with van der Waals surface area (Å²) in [6.07, 6.45) is 11.8. The minimum absolute atomic E-state index is 0.0462. The highest BCUT2D eigenvalue weighted by molar-refractivity contribution is 6.17. The molecule has 1 atom stereocenters. The first-order valence-electron chi connectivity index (χ1n) is 7.37. The molecule has 0 aliphatic heterocycles. The Labute approximate surface area is 113 Å². The van der Waals surface area contributed by atoms with E-state index in [4.69, 9.17) is 17.3 Å². The van der Waals surface area contributed by atoms with Gasteiger partial charge in [0.2, 0.25) is 0 Å². The van der Waals surface area contributed by atoms with Crippen LogP contribution < -0.4 is 5.73 Å². The summed E-state index contributed by atoms with van der Waals surface area (Å²) >= 11 is 5.77. The maximum Gasteiger partial charge on any atom is 0.0223 e. The van der Waals surface area contributed by atoms with E-state index in [2.05, 4.69) is 20.8 Å². The number of nitrogens with two attached hydrogens (primary N) is 1. The number of halogens is 1. The van der Waals surface area contributed by atoms with Gasteiger partial charge >= 0.3 is 0 Å². The second-order valence-corrected chi connectivity index (χ2v) is 6.28. The molecule has 0 aromatic rings. The van der Waals surface area contributed by atoms with Crippen molar-refractivity contribution in [3.05, 3.63) is 0 Å². The van der Waals surface area contributed by atoms with E-state index < -0.39 is 0 Å². The number of alkyl halides is 1. The van der Waals surface area contributed by atoms with Crippen LogP contribution in [0, 0.1) is 5.92 Å². The lowest BCUT2D eigenvalue weighted by Gasteiger charge is -2.30. The van der Waals surface area contributed by atoms with Crippen LogP contribution in [0.15, 0.2) is 0 Å². The number of hydrogen-bond acceptors (Lipinski definition) is 1. The first kappa shape index (κ1) is 17.2. The minimum atomic E-state index is -0.0462. The highest BCUT2D eigenvalue weighted by atomic mass is 35.5. The molecule has 2 N–H and O–H groups in total. The lowest BCUT2D eigenvalue weighted by atomic mass is 9.81. The predicted molar refractivity (Wildman–Crippen MR) is 79.7 cm³/mol. The lowest BCUT2D eigenvalue weighted by molar-refractivity contribution is 0.273. The zero-order chi connectivity index (χ0) is 13.1. The second-order valence-electron chi connectivity index (χ2n) is 5.91. The summed E-state index contributed by atoms with van der Waals surface area (Å²) in [5, 5.41) is 0. The van der Waals surface area contributed by atoms with Gasteiger partial charge in [-0.1, -0.05) is 45.4 Å². The van der Waals surface area contributed by atoms with E-state index >= 15 is 0 Å². The van der Waals surface area contributed by atoms with Crippen LogP contribution in [0.4, 0.5) is 0 Å². The maximum absolute atomic E-state index is 6.24. The molecule has 0 aromatic heterocycles. The molecule has 1 nitrogen and oxygen atoms in total. The van der Waals surface area contributed by atoms with E-state index in [1.54, 1.807) is 0 Å². The number of rotatable bonds is 11. The van der Waals surface area contributed by atoms with Gasteiger partial charge in [0.25, 0.3) is 0 Å². The maximum atomic E-state index is 6.24. The largest absolute Gasteiger partial charge is 0.325 e. The molecule has 2 heteroatoms. The molecule has 104 valence electrons. The van der Waals surface area contributed by atoms with Gasteiger partial charge in [-0.2, -0.15) is 0 Å². The fraction of sp³-hybridized carbons (Fsp3) is 1.00. The van der Waals surface area contributed by atoms with Crippen LogP contribution in [-0.2, 0) is 0 Å². The summed E-state index contributed by atoms with van der Waals surface area (Å²) in [7, 11) is 0. The van der Waals surface area contributed by atoms with Crippen LogP contribution >= 0.6 is 11.6 Å². The molecule has 0 amide bonds. The smallest absolute Gasteiger partial charge is 0.0223 e. The average Bonchev–Trinajstić information content (AvgIpc) is 2.25. The molecule has 0 aliphatic carbocycles. The van der Waals surface area contributed by atoms with Crippen molar-refractivity contribution < 1.29 is 0 Å². The summed E-state index contributed by atoms with van der Waals surface area (Å²) in [5.41, 5.74) is 6.19. The lowest BCUT2D eigenvalue weighted by Crippen LogP contribution is -2.41. The van der Waals surface area contributed by atoms with E-state index in [1.807, 2.05) is 0 Å². The van der Waals surface area contributed by atoms with Gasteiger partial charge in [0, 0.05) is 11.4 Å². The Morgan fingerprint density at radius 2 is 1.47 bits per heavy atom. The van der Waals surface area contributed by atoms with Crippen molar-refractivity contribution in [2.75, 3.05) is 5.88 Å². The van der Waals surface area contributed by atoms with Gasteiger partial charge in [-0.15, -0.1) is 11.6 Å². The van der Waals surface area contributed by atoms with Gasteiger partial charge in [0.15, 0.2) is 0 Å². The molecular weight excluding hydrogens is 230 g/mol. The highest BCUT2D eigenvalue weighted by Gasteiger charge is 2.23. The van der Waals surface area contributed by atoms with Gasteiger partial charge in [-0.25, -0.2) is 0 Å². The Hall–Kier alpha value is 0.250. The fourth-order valence-electron chi connectivity index (χ4n) is 2.38. The Morgan fingerprint density at radius 1 is 0.941 bits per heavy atom. The summed E-state index contributed by atoms with van der Waals surface area (Å²) in [6, 6.07) is 0. The zero-order valence-corrected chi connectivity index (χ0v) is 12.9. The third-order valence-electron chi connectivity index (χ3n) is 3.64. The number of unbranched alkanes of at least 4 members (excludes halogenated alkanes) is 5. The van der Waals surface area contributed by atoms with Gasteiger partial charge < -0.3 is 5.73 Å². The van der Waals surface area contributed by atoms with Crippen molar-refractivity contribution in [2.45, 2.75) is 84.1 Å². The number of hydrogen-bond donors (Lipinski definition) is 1. The molecule has 0 fully saturated rings. The van der Waals surface area contributed by atoms with Gasteiger partial charge in [-0.3, -0.25) is 0 Å². The van der Waals surface area contributed by atoms with Crippen molar-refractivity contribution in [3.63, 3.8) is 0 Å². The third-order valence-corrected chi connectivity index (χ3v) is 3.91. The molecule has 0 rings (SSSR count). The summed E-state index contributed by atoms with van der Waals surface area (Å²) < 4.78 is 0. The van der Waals surface area contributed by atoms with E-state index in [9.17, 15) is 0 Å². The minimum Gasteiger partial charge on any atom is -0.325 e. The van der Waals surface area contributed by atoms with Crippen molar-refractivity contribution in [1.82, 2.24) is 0 Å². The summed E-state index contributed by atoms with van der Waals surface area (Å²) in [4.78, 5) is 0. The van der Waals surface area contributed by atoms with Crippen LogP contribution in [0.25, 0.3) is 0 Å². The van der Waals surface area contributed by atoms with E-state index in [-0.39, 0.29) is 5.54 Å².